The number of nitrogens with one attached hydrogen (secondary N) is 1. The van der Waals surface area contributed by atoms with E-state index in [2.05, 4.69) is 22.2 Å². The normalized spacial score (nSPS) is 17.7. The Balaban J connectivity index is 1.46. The van der Waals surface area contributed by atoms with Crippen LogP contribution >= 0.6 is 0 Å². The number of nitrogens with zero attached hydrogens (tertiary/aromatic N) is 5. The first kappa shape index (κ1) is 18.9. The second kappa shape index (κ2) is 7.71. The van der Waals surface area contributed by atoms with Crippen LogP contribution in [0.5, 0.6) is 11.5 Å². The molecule has 8 nitrogen and oxygen atoms in total. The number of hydrogen-bond acceptors (Lipinski definition) is 7. The Bertz CT molecular complexity index is 1270. The highest BCUT2D eigenvalue weighted by molar-refractivity contribution is 5.90. The summed E-state index contributed by atoms with van der Waals surface area (Å²) in [6, 6.07) is 15.9. The number of ether oxygens (including phenoxy) is 2. The van der Waals surface area contributed by atoms with Crippen LogP contribution in [0.1, 0.15) is 19.8 Å². The van der Waals surface area contributed by atoms with Crippen molar-refractivity contribution in [3.8, 4) is 17.2 Å². The zero-order valence-electron chi connectivity index (χ0n) is 17.9. The number of para-hydroxylation sites is 1. The molecule has 0 bridgehead atoms. The lowest BCUT2D eigenvalue weighted by molar-refractivity contribution is 0.174. The van der Waals surface area contributed by atoms with E-state index in [1.165, 1.54) is 6.42 Å². The highest BCUT2D eigenvalue weighted by Crippen LogP contribution is 2.36. The van der Waals surface area contributed by atoms with E-state index in [9.17, 15) is 0 Å². The topological polar surface area (TPSA) is 77.3 Å². The molecule has 2 aromatic carbocycles. The lowest BCUT2D eigenvalue weighted by Gasteiger charge is -2.31. The minimum absolute atomic E-state index is 0.248. The first-order valence-electron chi connectivity index (χ1n) is 11.0. The van der Waals surface area contributed by atoms with E-state index in [1.54, 1.807) is 0 Å². The minimum atomic E-state index is 0.248. The molecule has 1 fully saturated rings. The summed E-state index contributed by atoms with van der Waals surface area (Å²) in [4.78, 5) is 12.2. The van der Waals surface area contributed by atoms with Crippen molar-refractivity contribution in [2.45, 2.75) is 19.8 Å². The molecule has 162 valence electrons. The predicted octanol–water partition coefficient (Wildman–Crippen LogP) is 4.52. The van der Waals surface area contributed by atoms with Gasteiger partial charge in [-0.2, -0.15) is 15.1 Å². The van der Waals surface area contributed by atoms with Crippen LogP contribution in [0.4, 0.5) is 17.5 Å². The molecule has 0 radical (unpaired) electrons. The van der Waals surface area contributed by atoms with Crippen LogP contribution in [0.15, 0.2) is 54.7 Å². The highest BCUT2D eigenvalue weighted by atomic mass is 16.7. The highest BCUT2D eigenvalue weighted by Gasteiger charge is 2.22. The van der Waals surface area contributed by atoms with Crippen LogP contribution in [0.2, 0.25) is 0 Å². The summed E-state index contributed by atoms with van der Waals surface area (Å²) in [5, 5.41) is 8.96. The van der Waals surface area contributed by atoms with Crippen LogP contribution in [-0.2, 0) is 0 Å². The zero-order chi connectivity index (χ0) is 21.5. The molecule has 32 heavy (non-hydrogen) atoms. The summed E-state index contributed by atoms with van der Waals surface area (Å²) < 4.78 is 12.9. The number of anilines is 3. The van der Waals surface area contributed by atoms with Crippen LogP contribution in [-0.4, -0.2) is 39.6 Å². The molecule has 0 saturated carbocycles. The molecule has 2 aliphatic heterocycles. The van der Waals surface area contributed by atoms with Gasteiger partial charge in [0.15, 0.2) is 17.1 Å². The third-order valence-corrected chi connectivity index (χ3v) is 5.99. The molecular formula is C24H24N6O2. The summed E-state index contributed by atoms with van der Waals surface area (Å²) >= 11 is 0. The van der Waals surface area contributed by atoms with Gasteiger partial charge >= 0.3 is 0 Å². The fraction of sp³-hybridized carbons (Fsp3) is 0.292. The molecule has 2 aromatic heterocycles. The first-order valence-corrected chi connectivity index (χ1v) is 11.0. The van der Waals surface area contributed by atoms with Crippen molar-refractivity contribution >= 4 is 28.5 Å². The number of piperidine rings is 1. The first-order chi connectivity index (χ1) is 15.7. The van der Waals surface area contributed by atoms with Gasteiger partial charge in [0.05, 0.1) is 17.3 Å². The molecule has 8 heteroatoms. The van der Waals surface area contributed by atoms with Crippen LogP contribution < -0.4 is 19.7 Å². The number of aromatic nitrogens is 4. The molecule has 0 unspecified atom stereocenters. The maximum Gasteiger partial charge on any atom is 0.231 e. The quantitative estimate of drug-likeness (QED) is 0.512. The Labute approximate surface area is 185 Å². The summed E-state index contributed by atoms with van der Waals surface area (Å²) in [7, 11) is 0. The monoisotopic (exact) mass is 428 g/mol. The summed E-state index contributed by atoms with van der Waals surface area (Å²) in [6.45, 7) is 4.44. The lowest BCUT2D eigenvalue weighted by atomic mass is 10.0. The van der Waals surface area contributed by atoms with Gasteiger partial charge in [-0.25, -0.2) is 4.68 Å². The second-order valence-electron chi connectivity index (χ2n) is 8.39. The molecule has 6 rings (SSSR count). The van der Waals surface area contributed by atoms with Crippen molar-refractivity contribution < 1.29 is 9.47 Å². The van der Waals surface area contributed by atoms with Crippen LogP contribution in [0.3, 0.4) is 0 Å². The molecular weight excluding hydrogens is 404 g/mol. The van der Waals surface area contributed by atoms with Crippen molar-refractivity contribution in [3.05, 3.63) is 54.7 Å². The largest absolute Gasteiger partial charge is 0.454 e. The van der Waals surface area contributed by atoms with Gasteiger partial charge in [-0.1, -0.05) is 25.1 Å². The Morgan fingerprint density at radius 2 is 1.91 bits per heavy atom. The smallest absolute Gasteiger partial charge is 0.231 e. The van der Waals surface area contributed by atoms with Gasteiger partial charge in [-0.05, 0) is 43.0 Å². The SMILES string of the molecule is C[C@H]1CCCN(c2nc(Nc3ccc4c(c3)OCO4)c3cnn(-c4ccccc4)c3n2)C1. The van der Waals surface area contributed by atoms with Gasteiger partial charge in [0.1, 0.15) is 5.82 Å². The van der Waals surface area contributed by atoms with Crippen molar-refractivity contribution in [3.63, 3.8) is 0 Å². The molecule has 0 spiro atoms. The van der Waals surface area contributed by atoms with Crippen molar-refractivity contribution in [1.82, 2.24) is 19.7 Å². The van der Waals surface area contributed by atoms with Gasteiger partial charge in [0.2, 0.25) is 12.7 Å². The van der Waals surface area contributed by atoms with Gasteiger partial charge in [-0.3, -0.25) is 0 Å². The number of hydrogen-bond donors (Lipinski definition) is 1. The second-order valence-corrected chi connectivity index (χ2v) is 8.39. The third-order valence-electron chi connectivity index (χ3n) is 5.99. The van der Waals surface area contributed by atoms with Crippen molar-refractivity contribution in [2.75, 3.05) is 30.1 Å². The molecule has 4 aromatic rings. The number of rotatable bonds is 4. The van der Waals surface area contributed by atoms with E-state index in [4.69, 9.17) is 19.4 Å². The fourth-order valence-corrected chi connectivity index (χ4v) is 4.37. The molecule has 1 atom stereocenters. The summed E-state index contributed by atoms with van der Waals surface area (Å²) in [5.41, 5.74) is 2.62. The van der Waals surface area contributed by atoms with E-state index in [1.807, 2.05) is 59.4 Å². The van der Waals surface area contributed by atoms with E-state index in [0.717, 1.165) is 65.2 Å². The Morgan fingerprint density at radius 3 is 2.78 bits per heavy atom. The fourth-order valence-electron chi connectivity index (χ4n) is 4.37. The van der Waals surface area contributed by atoms with E-state index >= 15 is 0 Å². The van der Waals surface area contributed by atoms with Crippen LogP contribution in [0, 0.1) is 5.92 Å². The van der Waals surface area contributed by atoms with Gasteiger partial charge < -0.3 is 19.7 Å². The van der Waals surface area contributed by atoms with E-state index in [-0.39, 0.29) is 6.79 Å². The zero-order valence-corrected chi connectivity index (χ0v) is 17.9. The standard InChI is InChI=1S/C24H24N6O2/c1-16-6-5-11-29(14-16)24-27-22(26-17-9-10-20-21(12-17)32-15-31-20)19-13-25-30(23(19)28-24)18-7-3-2-4-8-18/h2-4,7-10,12-13,16H,5-6,11,14-15H2,1H3,(H,26,27,28)/t16-/m0/s1. The lowest BCUT2D eigenvalue weighted by Crippen LogP contribution is -2.35. The molecule has 0 amide bonds. The Hall–Kier alpha value is -3.81. The van der Waals surface area contributed by atoms with Crippen molar-refractivity contribution in [2.24, 2.45) is 5.92 Å². The van der Waals surface area contributed by atoms with Gasteiger partial charge in [-0.15, -0.1) is 0 Å². The summed E-state index contributed by atoms with van der Waals surface area (Å²) in [6.07, 6.45) is 4.20. The number of benzene rings is 2. The van der Waals surface area contributed by atoms with Crippen molar-refractivity contribution in [1.29, 1.82) is 0 Å². The molecule has 0 aliphatic carbocycles. The Kier molecular flexibility index (Phi) is 4.56. The molecule has 1 N–H and O–H groups in total. The molecule has 4 heterocycles. The molecule has 1 saturated heterocycles. The third kappa shape index (κ3) is 3.37. The maximum absolute atomic E-state index is 5.54. The molecule has 2 aliphatic rings. The van der Waals surface area contributed by atoms with Gasteiger partial charge in [0.25, 0.3) is 0 Å². The maximum atomic E-state index is 5.54. The Morgan fingerprint density at radius 1 is 1.03 bits per heavy atom. The number of fused-ring (bicyclic) bond motifs is 2. The average molecular weight is 428 g/mol. The van der Waals surface area contributed by atoms with E-state index in [0.29, 0.717) is 5.92 Å². The van der Waals surface area contributed by atoms with E-state index < -0.39 is 0 Å². The summed E-state index contributed by atoms with van der Waals surface area (Å²) in [5.74, 6) is 3.55. The van der Waals surface area contributed by atoms with Crippen LogP contribution in [0.25, 0.3) is 16.7 Å². The average Bonchev–Trinajstić information content (AvgIpc) is 3.46. The minimum Gasteiger partial charge on any atom is -0.454 e. The van der Waals surface area contributed by atoms with Gasteiger partial charge in [0, 0.05) is 24.8 Å². The predicted molar refractivity (Wildman–Crippen MR) is 123 cm³/mol.